The van der Waals surface area contributed by atoms with Crippen molar-refractivity contribution in [3.05, 3.63) is 285 Å². The Bertz CT molecular complexity index is 3400. The number of benzene rings is 9. The van der Waals surface area contributed by atoms with Crippen LogP contribution >= 0.6 is 25.3 Å². The third-order valence-corrected chi connectivity index (χ3v) is 35.8. The van der Waals surface area contributed by atoms with Crippen LogP contribution in [0, 0.1) is 0 Å². The smallest absolute Gasteiger partial charge is 0.118 e. The van der Waals surface area contributed by atoms with Gasteiger partial charge in [0.1, 0.15) is 41.6 Å². The zero-order valence-electron chi connectivity index (χ0n) is 56.5. The van der Waals surface area contributed by atoms with Crippen LogP contribution in [0.1, 0.15) is 66.8 Å². The van der Waals surface area contributed by atoms with E-state index in [1.54, 1.807) is 42.7 Å². The van der Waals surface area contributed by atoms with Crippen molar-refractivity contribution >= 4 is 60.7 Å². The number of hydrogen-bond donors (Lipinski definition) is 0. The Hall–Kier alpha value is -6.04. The largest absolute Gasteiger partial charge is 0.497 e. The van der Waals surface area contributed by atoms with E-state index in [2.05, 4.69) is 146 Å². The lowest BCUT2D eigenvalue weighted by atomic mass is 10.1. The number of hydrogen-bond acceptors (Lipinski definition) is 10. The van der Waals surface area contributed by atoms with Crippen LogP contribution in [0.15, 0.2) is 218 Å². The number of methoxy groups -OCH3 is 6. The fraction of sp³-hybridized carbons (Fsp3) is 0.333. The minimum Gasteiger partial charge on any atom is -0.497 e. The molecule has 0 bridgehead atoms. The summed E-state index contributed by atoms with van der Waals surface area (Å²) in [5, 5.41) is 0. The monoisotopic (exact) mass is 1400 g/mol. The van der Waals surface area contributed by atoms with Crippen molar-refractivity contribution in [2.45, 2.75) is 76.3 Å². The van der Waals surface area contributed by atoms with Gasteiger partial charge in [-0.1, -0.05) is 181 Å². The van der Waals surface area contributed by atoms with E-state index in [1.807, 2.05) is 72.8 Å². The predicted molar refractivity (Wildman–Crippen MR) is 416 cm³/mol. The van der Waals surface area contributed by atoms with Crippen molar-refractivity contribution in [1.82, 2.24) is 0 Å². The van der Waals surface area contributed by atoms with Crippen LogP contribution in [0.5, 0.6) is 34.5 Å². The molecule has 0 radical (unpaired) electrons. The minimum absolute atomic E-state index is 0.509. The molecule has 14 heteroatoms. The topological polar surface area (TPSA) is 72.5 Å². The highest BCUT2D eigenvalue weighted by Crippen LogP contribution is 2.56. The first-order chi connectivity index (χ1) is 46.0. The van der Waals surface area contributed by atoms with Crippen LogP contribution in [0.2, 0.25) is 0 Å². The first kappa shape index (κ1) is 73.2. The van der Waals surface area contributed by atoms with Gasteiger partial charge in [-0.05, 0) is 271 Å². The van der Waals surface area contributed by atoms with Crippen LogP contribution < -0.4 is 28.4 Å². The molecule has 0 amide bonds. The van der Waals surface area contributed by atoms with Crippen molar-refractivity contribution in [2.24, 2.45) is 0 Å². The lowest BCUT2D eigenvalue weighted by Crippen LogP contribution is -2.07. The first-order valence-corrected chi connectivity index (χ1v) is 45.7. The molecular formula is C81H96O7P4S3. The van der Waals surface area contributed by atoms with E-state index < -0.39 is 25.3 Å². The van der Waals surface area contributed by atoms with Crippen LogP contribution in [-0.4, -0.2) is 98.1 Å². The quantitative estimate of drug-likeness (QED) is 0.0348. The van der Waals surface area contributed by atoms with Crippen molar-refractivity contribution < 1.29 is 33.0 Å². The highest BCUT2D eigenvalue weighted by Gasteiger charge is 2.26. The van der Waals surface area contributed by atoms with Gasteiger partial charge in [0.25, 0.3) is 0 Å². The summed E-state index contributed by atoms with van der Waals surface area (Å²) < 4.78 is 48.8. The maximum absolute atomic E-state index is 16.0. The standard InChI is InChI=1S/C81H96O7P4S3/c1-83-76-31-19-67(20-32-76)46-55-90(93,56-47-68-21-33-77(84-2)34-22-68)52-43-64-7-13-73(14-8-64)61-89(82,62-74-15-9-65(10-16-74)44-53-91(94,57-48-69-23-35-78(85-3)36-24-69)58-49-70-25-37-79(86-4)38-26-70)63-75-17-11-66(12-18-75)45-54-92(95,59-50-71-27-39-80(87-5)40-28-71)60-51-72-29-41-81(88-6)42-30-72/h7-42H,43-63H2,1-6H3. The summed E-state index contributed by atoms with van der Waals surface area (Å²) >= 11 is 20.2. The van der Waals surface area contributed by atoms with Crippen molar-refractivity contribution in [3.63, 3.8) is 0 Å². The SMILES string of the molecule is COc1ccc(CCP(=S)(CCc2ccc(CP(=O)(Cc3ccc(CCP(=S)(CCc4ccc(OC)cc4)CCc4ccc(OC)cc4)cc3)Cc3ccc(CCP(=S)(CCc4ccc(OC)cc4)CCc4ccc(OC)cc4)cc3)cc2)CCc2ccc(OC)cc2)cc1. The van der Waals surface area contributed by atoms with E-state index in [0.29, 0.717) is 18.5 Å². The lowest BCUT2D eigenvalue weighted by molar-refractivity contribution is 0.414. The van der Waals surface area contributed by atoms with Crippen molar-refractivity contribution in [1.29, 1.82) is 0 Å². The van der Waals surface area contributed by atoms with E-state index in [4.69, 9.17) is 63.8 Å². The molecule has 500 valence electrons. The number of ether oxygens (including phenoxy) is 6. The summed E-state index contributed by atoms with van der Waals surface area (Å²) in [5.41, 5.74) is 14.9. The Balaban J connectivity index is 0.908. The fourth-order valence-corrected chi connectivity index (χ4v) is 25.8. The van der Waals surface area contributed by atoms with Gasteiger partial charge in [-0.15, -0.1) is 0 Å². The second-order valence-electron chi connectivity index (χ2n) is 25.5. The zero-order valence-corrected chi connectivity index (χ0v) is 62.5. The summed E-state index contributed by atoms with van der Waals surface area (Å²) in [4.78, 5) is 0. The number of rotatable bonds is 39. The van der Waals surface area contributed by atoms with Gasteiger partial charge in [0.05, 0.1) is 42.7 Å². The summed E-state index contributed by atoms with van der Waals surface area (Å²) in [7, 11) is 7.36. The molecule has 0 aliphatic carbocycles. The van der Waals surface area contributed by atoms with Gasteiger partial charge in [0.2, 0.25) is 0 Å². The molecule has 7 nitrogen and oxygen atoms in total. The van der Waals surface area contributed by atoms with E-state index in [0.717, 1.165) is 164 Å². The van der Waals surface area contributed by atoms with Crippen LogP contribution in [0.3, 0.4) is 0 Å². The molecule has 0 unspecified atom stereocenters. The van der Waals surface area contributed by atoms with Gasteiger partial charge < -0.3 is 33.0 Å². The molecule has 95 heavy (non-hydrogen) atoms. The Morgan fingerprint density at radius 1 is 0.211 bits per heavy atom. The van der Waals surface area contributed by atoms with Crippen molar-refractivity contribution in [2.75, 3.05) is 98.1 Å². The van der Waals surface area contributed by atoms with Gasteiger partial charge in [-0.3, -0.25) is 0 Å². The van der Waals surface area contributed by atoms with Gasteiger partial charge in [-0.2, -0.15) is 0 Å². The second-order valence-corrected chi connectivity index (χ2v) is 45.9. The molecule has 0 spiro atoms. The average molecular weight is 1400 g/mol. The van der Waals surface area contributed by atoms with Crippen LogP contribution in [0.4, 0.5) is 0 Å². The summed E-state index contributed by atoms with van der Waals surface area (Å²) in [6.07, 6.45) is 19.0. The van der Waals surface area contributed by atoms with E-state index in [1.165, 1.54) is 50.1 Å². The molecule has 0 saturated carbocycles. The molecular weight excluding hydrogens is 1300 g/mol. The second kappa shape index (κ2) is 36.5. The van der Waals surface area contributed by atoms with Gasteiger partial charge >= 0.3 is 0 Å². The Labute approximate surface area is 583 Å². The van der Waals surface area contributed by atoms with Gasteiger partial charge in [0.15, 0.2) is 0 Å². The third-order valence-electron chi connectivity index (χ3n) is 18.7. The molecule has 0 aromatic heterocycles. The molecule has 0 fully saturated rings. The van der Waals surface area contributed by atoms with E-state index in [9.17, 15) is 0 Å². The minimum atomic E-state index is -2.90. The molecule has 9 aromatic carbocycles. The molecule has 0 N–H and O–H groups in total. The molecule has 0 aliphatic heterocycles. The average Bonchev–Trinajstić information content (AvgIpc) is 1.06. The molecule has 0 atom stereocenters. The normalized spacial score (nSPS) is 11.9. The van der Waals surface area contributed by atoms with Crippen LogP contribution in [0.25, 0.3) is 0 Å². The summed E-state index contributed by atoms with van der Waals surface area (Å²) in [5.74, 6) is 5.20. The highest BCUT2D eigenvalue weighted by atomic mass is 32.4. The van der Waals surface area contributed by atoms with E-state index in [-0.39, 0.29) is 0 Å². The molecule has 0 aliphatic rings. The highest BCUT2D eigenvalue weighted by molar-refractivity contribution is 8.15. The fourth-order valence-electron chi connectivity index (χ4n) is 12.4. The third kappa shape index (κ3) is 23.9. The number of aryl methyl sites for hydroxylation is 9. The Morgan fingerprint density at radius 2 is 0.326 bits per heavy atom. The zero-order chi connectivity index (χ0) is 66.9. The van der Waals surface area contributed by atoms with Crippen LogP contribution in [-0.2, 0) is 116 Å². The summed E-state index contributed by atoms with van der Waals surface area (Å²) in [6, 6.07) is 72.3. The summed E-state index contributed by atoms with van der Waals surface area (Å²) in [6.45, 7) is 0. The Morgan fingerprint density at radius 3 is 0.453 bits per heavy atom. The lowest BCUT2D eigenvalue weighted by Gasteiger charge is -2.23. The van der Waals surface area contributed by atoms with Gasteiger partial charge in [0, 0.05) is 18.5 Å². The predicted octanol–water partition coefficient (Wildman–Crippen LogP) is 19.5. The van der Waals surface area contributed by atoms with Gasteiger partial charge in [-0.25, -0.2) is 0 Å². The van der Waals surface area contributed by atoms with Crippen molar-refractivity contribution in [3.8, 4) is 34.5 Å². The maximum Gasteiger partial charge on any atom is 0.118 e. The Kier molecular flexibility index (Phi) is 28.1. The molecule has 0 heterocycles. The van der Waals surface area contributed by atoms with E-state index >= 15 is 4.57 Å². The molecule has 0 saturated heterocycles. The first-order valence-electron chi connectivity index (χ1n) is 33.3. The molecule has 9 rings (SSSR count). The molecule has 9 aromatic rings. The maximum atomic E-state index is 16.0.